The fraction of sp³-hybridized carbons (Fsp3) is 0.812. The number of nitrogens with zero attached hydrogens (tertiary/aromatic N) is 1. The summed E-state index contributed by atoms with van der Waals surface area (Å²) in [5.74, 6) is -0.118. The molecular weight excluding hydrogens is 332 g/mol. The average Bonchev–Trinajstić information content (AvgIpc) is 2.83. The van der Waals surface area contributed by atoms with Crippen molar-refractivity contribution in [3.05, 3.63) is 0 Å². The normalized spacial score (nSPS) is 25.1. The van der Waals surface area contributed by atoms with Crippen LogP contribution in [0.15, 0.2) is 0 Å². The molecule has 2 saturated heterocycles. The molecule has 2 heterocycles. The maximum absolute atomic E-state index is 12.8. The highest BCUT2D eigenvalue weighted by molar-refractivity contribution is 6.07. The van der Waals surface area contributed by atoms with Gasteiger partial charge in [-0.3, -0.25) is 14.9 Å². The topological polar surface area (TPSA) is 105 Å². The van der Waals surface area contributed by atoms with E-state index in [2.05, 4.69) is 10.6 Å². The maximum atomic E-state index is 12.8. The van der Waals surface area contributed by atoms with E-state index in [0.717, 1.165) is 12.8 Å². The highest BCUT2D eigenvalue weighted by Gasteiger charge is 2.49. The zero-order valence-corrected chi connectivity index (χ0v) is 15.5. The van der Waals surface area contributed by atoms with E-state index in [0.29, 0.717) is 32.5 Å². The first-order valence-electron chi connectivity index (χ1n) is 8.46. The van der Waals surface area contributed by atoms with E-state index in [9.17, 15) is 14.4 Å². The third kappa shape index (κ3) is 3.37. The number of imide groups is 1. The standard InChI is InChI=1S/C16H28N4O3.ClH/c1-4-16(5-2,10-17)13(22)20-8-6-11(7-9-20)15(3)12(21)18-14(23)19-15;/h11H,4-10,17H2,1-3H3,(H2,18,19,21,23);1H. The van der Waals surface area contributed by atoms with Crippen LogP contribution in [0.2, 0.25) is 0 Å². The van der Waals surface area contributed by atoms with Gasteiger partial charge in [0.2, 0.25) is 5.91 Å². The highest BCUT2D eigenvalue weighted by atomic mass is 35.5. The molecule has 138 valence electrons. The summed E-state index contributed by atoms with van der Waals surface area (Å²) in [6, 6.07) is -0.435. The zero-order chi connectivity index (χ0) is 17.3. The molecule has 0 bridgehead atoms. The minimum atomic E-state index is -0.868. The molecule has 2 aliphatic heterocycles. The first kappa shape index (κ1) is 20.7. The molecule has 2 aliphatic rings. The van der Waals surface area contributed by atoms with Crippen molar-refractivity contribution in [2.45, 2.75) is 52.0 Å². The first-order chi connectivity index (χ1) is 10.8. The lowest BCUT2D eigenvalue weighted by molar-refractivity contribution is -0.144. The molecule has 0 aromatic heterocycles. The van der Waals surface area contributed by atoms with Crippen molar-refractivity contribution in [1.82, 2.24) is 15.5 Å². The van der Waals surface area contributed by atoms with Gasteiger partial charge in [-0.15, -0.1) is 12.4 Å². The fourth-order valence-corrected chi connectivity index (χ4v) is 3.77. The van der Waals surface area contributed by atoms with Crippen LogP contribution in [0.5, 0.6) is 0 Å². The van der Waals surface area contributed by atoms with E-state index in [1.807, 2.05) is 18.7 Å². The van der Waals surface area contributed by atoms with E-state index < -0.39 is 17.0 Å². The Kier molecular flexibility index (Phi) is 6.64. The lowest BCUT2D eigenvalue weighted by Crippen LogP contribution is -2.56. The van der Waals surface area contributed by atoms with E-state index >= 15 is 0 Å². The molecule has 0 radical (unpaired) electrons. The molecule has 0 aromatic carbocycles. The van der Waals surface area contributed by atoms with Gasteiger partial charge in [0.05, 0.1) is 5.41 Å². The molecule has 2 fully saturated rings. The average molecular weight is 361 g/mol. The molecular formula is C16H29ClN4O3. The Morgan fingerprint density at radius 1 is 1.29 bits per heavy atom. The largest absolute Gasteiger partial charge is 0.342 e. The van der Waals surface area contributed by atoms with Gasteiger partial charge in [-0.1, -0.05) is 13.8 Å². The molecule has 0 aliphatic carbocycles. The summed E-state index contributed by atoms with van der Waals surface area (Å²) >= 11 is 0. The number of hydrogen-bond acceptors (Lipinski definition) is 4. The molecule has 4 N–H and O–H groups in total. The number of nitrogens with one attached hydrogen (secondary N) is 2. The van der Waals surface area contributed by atoms with Crippen molar-refractivity contribution in [2.75, 3.05) is 19.6 Å². The Labute approximate surface area is 149 Å². The summed E-state index contributed by atoms with van der Waals surface area (Å²) in [6.07, 6.45) is 2.86. The Balaban J connectivity index is 0.00000288. The number of amides is 4. The van der Waals surface area contributed by atoms with Crippen LogP contribution in [-0.2, 0) is 9.59 Å². The number of nitrogens with two attached hydrogens (primary N) is 1. The van der Waals surface area contributed by atoms with Gasteiger partial charge in [0, 0.05) is 19.6 Å². The van der Waals surface area contributed by atoms with Gasteiger partial charge in [-0.2, -0.15) is 0 Å². The van der Waals surface area contributed by atoms with Crippen LogP contribution in [0.25, 0.3) is 0 Å². The van der Waals surface area contributed by atoms with E-state index in [-0.39, 0.29) is 30.1 Å². The Morgan fingerprint density at radius 3 is 2.21 bits per heavy atom. The molecule has 0 spiro atoms. The monoisotopic (exact) mass is 360 g/mol. The van der Waals surface area contributed by atoms with Gasteiger partial charge in [-0.05, 0) is 38.5 Å². The fourth-order valence-electron chi connectivity index (χ4n) is 3.77. The van der Waals surface area contributed by atoms with Crippen molar-refractivity contribution >= 4 is 30.3 Å². The predicted molar refractivity (Wildman–Crippen MR) is 93.7 cm³/mol. The third-order valence-electron chi connectivity index (χ3n) is 5.87. The molecule has 24 heavy (non-hydrogen) atoms. The van der Waals surface area contributed by atoms with Crippen LogP contribution in [0.4, 0.5) is 4.79 Å². The van der Waals surface area contributed by atoms with Crippen LogP contribution in [0.3, 0.4) is 0 Å². The van der Waals surface area contributed by atoms with Crippen LogP contribution >= 0.6 is 12.4 Å². The summed E-state index contributed by atoms with van der Waals surface area (Å²) in [4.78, 5) is 38.1. The molecule has 1 atom stereocenters. The summed E-state index contributed by atoms with van der Waals surface area (Å²) in [6.45, 7) is 7.32. The minimum absolute atomic E-state index is 0. The minimum Gasteiger partial charge on any atom is -0.342 e. The molecule has 7 nitrogen and oxygen atoms in total. The van der Waals surface area contributed by atoms with Crippen molar-refractivity contribution in [3.63, 3.8) is 0 Å². The number of hydrogen-bond donors (Lipinski definition) is 3. The van der Waals surface area contributed by atoms with Crippen LogP contribution in [-0.4, -0.2) is 47.9 Å². The Hall–Kier alpha value is -1.34. The van der Waals surface area contributed by atoms with E-state index in [1.165, 1.54) is 0 Å². The summed E-state index contributed by atoms with van der Waals surface area (Å²) in [5.41, 5.74) is 4.52. The van der Waals surface area contributed by atoms with E-state index in [1.54, 1.807) is 6.92 Å². The number of rotatable bonds is 5. The predicted octanol–water partition coefficient (Wildman–Crippen LogP) is 1.01. The lowest BCUT2D eigenvalue weighted by atomic mass is 9.77. The maximum Gasteiger partial charge on any atom is 0.322 e. The second-order valence-corrected chi connectivity index (χ2v) is 6.87. The molecule has 2 rings (SSSR count). The number of halogens is 1. The smallest absolute Gasteiger partial charge is 0.322 e. The summed E-state index contributed by atoms with van der Waals surface area (Å²) < 4.78 is 0. The SMILES string of the molecule is CCC(CC)(CN)C(=O)N1CCC(C2(C)NC(=O)NC2=O)CC1.Cl. The number of likely N-dealkylation sites (tertiary alicyclic amines) is 1. The van der Waals surface area contributed by atoms with Crippen LogP contribution in [0, 0.1) is 11.3 Å². The third-order valence-corrected chi connectivity index (χ3v) is 5.87. The number of piperidine rings is 1. The van der Waals surface area contributed by atoms with Gasteiger partial charge < -0.3 is 16.0 Å². The molecule has 0 aromatic rings. The molecule has 1 unspecified atom stereocenters. The van der Waals surface area contributed by atoms with E-state index in [4.69, 9.17) is 5.73 Å². The van der Waals surface area contributed by atoms with Gasteiger partial charge in [-0.25, -0.2) is 4.79 Å². The number of carbonyl (C=O) groups excluding carboxylic acids is 3. The Morgan fingerprint density at radius 2 is 1.83 bits per heavy atom. The second kappa shape index (κ2) is 7.70. The Bertz CT molecular complexity index is 493. The zero-order valence-electron chi connectivity index (χ0n) is 14.7. The summed E-state index contributed by atoms with van der Waals surface area (Å²) in [5, 5.41) is 5.04. The quantitative estimate of drug-likeness (QED) is 0.636. The summed E-state index contributed by atoms with van der Waals surface area (Å²) in [7, 11) is 0. The second-order valence-electron chi connectivity index (χ2n) is 6.87. The lowest BCUT2D eigenvalue weighted by Gasteiger charge is -2.42. The van der Waals surface area contributed by atoms with Crippen molar-refractivity contribution in [1.29, 1.82) is 0 Å². The van der Waals surface area contributed by atoms with Gasteiger partial charge >= 0.3 is 6.03 Å². The first-order valence-corrected chi connectivity index (χ1v) is 8.46. The molecule has 8 heteroatoms. The molecule has 0 saturated carbocycles. The van der Waals surface area contributed by atoms with Crippen molar-refractivity contribution in [3.8, 4) is 0 Å². The number of urea groups is 1. The van der Waals surface area contributed by atoms with Crippen molar-refractivity contribution < 1.29 is 14.4 Å². The van der Waals surface area contributed by atoms with Gasteiger partial charge in [0.15, 0.2) is 0 Å². The van der Waals surface area contributed by atoms with Crippen LogP contribution in [0.1, 0.15) is 46.5 Å². The highest BCUT2D eigenvalue weighted by Crippen LogP contribution is 2.34. The van der Waals surface area contributed by atoms with Crippen molar-refractivity contribution in [2.24, 2.45) is 17.1 Å². The van der Waals surface area contributed by atoms with Gasteiger partial charge in [0.1, 0.15) is 5.54 Å². The van der Waals surface area contributed by atoms with Gasteiger partial charge in [0.25, 0.3) is 5.91 Å². The van der Waals surface area contributed by atoms with Crippen LogP contribution < -0.4 is 16.4 Å². The molecule has 4 amide bonds. The number of carbonyl (C=O) groups is 3.